The first-order valence-corrected chi connectivity index (χ1v) is 11.7. The Morgan fingerprint density at radius 3 is 0.821 bits per heavy atom. The predicted molar refractivity (Wildman–Crippen MR) is 147 cm³/mol. The molecular formula is C33H33F3Zr3. The van der Waals surface area contributed by atoms with Crippen LogP contribution in [-0.4, -0.2) is 0 Å². The second-order valence-corrected chi connectivity index (χ2v) is 9.33. The van der Waals surface area contributed by atoms with E-state index < -0.39 is 0 Å². The molecule has 0 bridgehead atoms. The van der Waals surface area contributed by atoms with Crippen molar-refractivity contribution in [1.82, 2.24) is 0 Å². The number of hydrogen-bond donors (Lipinski definition) is 0. The van der Waals surface area contributed by atoms with Crippen molar-refractivity contribution in [2.24, 2.45) is 0 Å². The molecule has 0 amide bonds. The number of hydrogen-bond acceptors (Lipinski definition) is 0. The van der Waals surface area contributed by atoms with Gasteiger partial charge in [-0.2, -0.15) is 18.2 Å². The summed E-state index contributed by atoms with van der Waals surface area (Å²) >= 11 is 0. The molecule has 0 spiro atoms. The van der Waals surface area contributed by atoms with E-state index in [-0.39, 0.29) is 92.7 Å². The van der Waals surface area contributed by atoms with Gasteiger partial charge in [-0.05, 0) is 20.8 Å². The SMILES string of the molecule is Cc1cc2c(C)cccc2[cH-]1.Cc1cc2c(C)cccc2[cH-]1.Cc1cc2c(C)cccc2[cH-]1.[F-].[F-].[F-].[Zr+2].[Zr+2].[Zr+2]. The first-order chi connectivity index (χ1) is 15.8. The molecule has 0 fully saturated rings. The zero-order valence-electron chi connectivity index (χ0n) is 23.3. The fourth-order valence-electron chi connectivity index (χ4n) is 4.62. The monoisotopic (exact) mass is 756 g/mol. The maximum absolute atomic E-state index is 2.24. The van der Waals surface area contributed by atoms with E-state index in [9.17, 15) is 0 Å². The van der Waals surface area contributed by atoms with Gasteiger partial charge in [0.15, 0.2) is 0 Å². The van der Waals surface area contributed by atoms with Crippen LogP contribution in [0.5, 0.6) is 0 Å². The summed E-state index contributed by atoms with van der Waals surface area (Å²) in [4.78, 5) is 0. The molecule has 6 aromatic rings. The van der Waals surface area contributed by atoms with Crippen LogP contribution in [0.2, 0.25) is 0 Å². The molecule has 0 unspecified atom stereocenters. The molecule has 0 saturated heterocycles. The molecular weight excluding hydrogens is 727 g/mol. The van der Waals surface area contributed by atoms with Crippen molar-refractivity contribution >= 4 is 32.3 Å². The van der Waals surface area contributed by atoms with E-state index in [4.69, 9.17) is 0 Å². The molecule has 0 aliphatic rings. The van der Waals surface area contributed by atoms with Crippen molar-refractivity contribution in [3.8, 4) is 0 Å². The Bertz CT molecular complexity index is 1360. The number of halogens is 3. The van der Waals surface area contributed by atoms with Crippen molar-refractivity contribution in [2.45, 2.75) is 41.5 Å². The van der Waals surface area contributed by atoms with Gasteiger partial charge in [-0.25, -0.2) is 0 Å². The number of fused-ring (bicyclic) bond motifs is 3. The van der Waals surface area contributed by atoms with Gasteiger partial charge in [-0.15, -0.1) is 104 Å². The van der Waals surface area contributed by atoms with Crippen LogP contribution in [0, 0.1) is 41.5 Å². The second kappa shape index (κ2) is 19.1. The third-order valence-corrected chi connectivity index (χ3v) is 6.34. The van der Waals surface area contributed by atoms with E-state index in [0.717, 1.165) is 0 Å². The Kier molecular flexibility index (Phi) is 20.8. The molecule has 6 heteroatoms. The van der Waals surface area contributed by atoms with Crippen molar-refractivity contribution in [3.63, 3.8) is 0 Å². The van der Waals surface area contributed by atoms with Crippen molar-refractivity contribution in [2.75, 3.05) is 0 Å². The van der Waals surface area contributed by atoms with Crippen LogP contribution in [-0.2, 0) is 78.6 Å². The smallest absolute Gasteiger partial charge is 1.00 e. The first kappa shape index (κ1) is 42.4. The van der Waals surface area contributed by atoms with Gasteiger partial charge >= 0.3 is 78.6 Å². The fourth-order valence-corrected chi connectivity index (χ4v) is 4.62. The Hall–Kier alpha value is -1.07. The largest absolute Gasteiger partial charge is 2.00 e. The topological polar surface area (TPSA) is 0 Å². The Morgan fingerprint density at radius 1 is 0.385 bits per heavy atom. The van der Waals surface area contributed by atoms with Crippen LogP contribution < -0.4 is 14.1 Å². The summed E-state index contributed by atoms with van der Waals surface area (Å²) in [5.74, 6) is 0. The van der Waals surface area contributed by atoms with Gasteiger partial charge < -0.3 is 14.1 Å². The molecule has 6 rings (SSSR count). The molecule has 0 atom stereocenters. The molecule has 0 aliphatic carbocycles. The molecule has 0 nitrogen and oxygen atoms in total. The zero-order valence-corrected chi connectivity index (χ0v) is 30.7. The molecule has 0 heterocycles. The van der Waals surface area contributed by atoms with Crippen LogP contribution in [0.15, 0.2) is 91.0 Å². The van der Waals surface area contributed by atoms with Crippen LogP contribution in [0.25, 0.3) is 32.3 Å². The van der Waals surface area contributed by atoms with Gasteiger partial charge in [0.25, 0.3) is 0 Å². The summed E-state index contributed by atoms with van der Waals surface area (Å²) < 4.78 is 0. The van der Waals surface area contributed by atoms with E-state index >= 15 is 0 Å². The van der Waals surface area contributed by atoms with Crippen LogP contribution in [0.1, 0.15) is 33.4 Å². The summed E-state index contributed by atoms with van der Waals surface area (Å²) in [6.07, 6.45) is 0. The molecule has 0 radical (unpaired) electrons. The minimum atomic E-state index is 0. The molecule has 0 aliphatic heterocycles. The van der Waals surface area contributed by atoms with Gasteiger partial charge in [0.2, 0.25) is 0 Å². The number of rotatable bonds is 0. The van der Waals surface area contributed by atoms with Gasteiger partial charge in [-0.3, -0.25) is 0 Å². The van der Waals surface area contributed by atoms with Gasteiger partial charge in [0.1, 0.15) is 0 Å². The zero-order chi connectivity index (χ0) is 23.5. The summed E-state index contributed by atoms with van der Waals surface area (Å²) in [6, 6.07) is 32.7. The van der Waals surface area contributed by atoms with Gasteiger partial charge in [0, 0.05) is 0 Å². The van der Waals surface area contributed by atoms with Crippen LogP contribution in [0.4, 0.5) is 0 Å². The average Bonchev–Trinajstić information content (AvgIpc) is 3.45. The summed E-state index contributed by atoms with van der Waals surface area (Å²) in [7, 11) is 0. The number of aryl methyl sites for hydroxylation is 6. The normalized spacial score (nSPS) is 9.08. The minimum Gasteiger partial charge on any atom is -1.00 e. The Balaban J connectivity index is -0.000000463. The fraction of sp³-hybridized carbons (Fsp3) is 0.182. The van der Waals surface area contributed by atoms with E-state index in [0.29, 0.717) is 0 Å². The molecule has 6 aromatic carbocycles. The summed E-state index contributed by atoms with van der Waals surface area (Å²) in [5, 5.41) is 8.27. The van der Waals surface area contributed by atoms with Gasteiger partial charge in [-0.1, -0.05) is 55.7 Å². The van der Waals surface area contributed by atoms with E-state index in [1.807, 2.05) is 0 Å². The Morgan fingerprint density at radius 2 is 0.615 bits per heavy atom. The number of benzene rings is 3. The third-order valence-electron chi connectivity index (χ3n) is 6.34. The average molecular weight is 760 g/mol. The van der Waals surface area contributed by atoms with E-state index in [2.05, 4.69) is 133 Å². The van der Waals surface area contributed by atoms with Crippen molar-refractivity contribution in [3.05, 3.63) is 124 Å². The van der Waals surface area contributed by atoms with Gasteiger partial charge in [0.05, 0.1) is 0 Å². The maximum atomic E-state index is 2.24. The molecule has 39 heavy (non-hydrogen) atoms. The first-order valence-electron chi connectivity index (χ1n) is 11.7. The quantitative estimate of drug-likeness (QED) is 0.199. The molecule has 198 valence electrons. The third kappa shape index (κ3) is 10.7. The standard InChI is InChI=1S/3C11H11.3FH.3Zr/c3*1-8-6-10-5-3-4-9(2)11(10)7-8;;;;;;/h3*3-7H,1-2H3;3*1H;;;/q3*-1;;;;3*+2/p-3. The van der Waals surface area contributed by atoms with Crippen LogP contribution >= 0.6 is 0 Å². The Labute approximate surface area is 288 Å². The van der Waals surface area contributed by atoms with Crippen molar-refractivity contribution in [1.29, 1.82) is 0 Å². The maximum Gasteiger partial charge on any atom is 2.00 e. The van der Waals surface area contributed by atoms with Crippen molar-refractivity contribution < 1.29 is 92.7 Å². The molecule has 0 saturated carbocycles. The van der Waals surface area contributed by atoms with E-state index in [1.165, 1.54) is 65.7 Å². The second-order valence-electron chi connectivity index (χ2n) is 9.33. The van der Waals surface area contributed by atoms with Crippen LogP contribution in [0.3, 0.4) is 0 Å². The summed E-state index contributed by atoms with van der Waals surface area (Å²) in [6.45, 7) is 12.9. The predicted octanol–water partition coefficient (Wildman–Crippen LogP) is 0.531. The molecule has 0 aromatic heterocycles. The van der Waals surface area contributed by atoms with E-state index in [1.54, 1.807) is 0 Å². The minimum absolute atomic E-state index is 0. The summed E-state index contributed by atoms with van der Waals surface area (Å²) in [5.41, 5.74) is 8.18. The molecule has 0 N–H and O–H groups in total.